The second-order valence-corrected chi connectivity index (χ2v) is 22.6. The Balaban J connectivity index is -0.00000111. The Labute approximate surface area is 620 Å². The first kappa shape index (κ1) is 91.6. The summed E-state index contributed by atoms with van der Waals surface area (Å²) in [5.74, 6) is -1.83. The van der Waals surface area contributed by atoms with Crippen molar-refractivity contribution in [2.24, 2.45) is 0 Å². The van der Waals surface area contributed by atoms with Crippen LogP contribution in [0.2, 0.25) is 0 Å². The van der Waals surface area contributed by atoms with Crippen LogP contribution < -0.4 is 74.0 Å². The quantitative estimate of drug-likeness (QED) is 0.0163. The fourth-order valence-corrected chi connectivity index (χ4v) is 9.26. The minimum atomic E-state index is -0.957. The molecule has 0 unspecified atom stereocenters. The molecule has 91 heavy (non-hydrogen) atoms. The first-order chi connectivity index (χ1) is 43.2. The molecule has 0 aliphatic rings. The maximum absolute atomic E-state index is 11.7. The van der Waals surface area contributed by atoms with Crippen molar-refractivity contribution >= 4 is 48.2 Å². The standard InChI is InChI=1S/C26H36O3.2C16H24O3.C10H14O.C7H13BrO2.CH4.B.Cs/c27-26(29-23-13-10-19-25-16-6-2-7-17-25)20-8-3-11-21-28-22-12-9-18-24-14-4-1-5-15-24;2*17-16(18)12-5-2-7-13-19-14-8-6-11-15-9-3-1-4-10-15;11-9-5-4-8-10-6-2-1-3-7-10;1-10-7(9)5-3-2-4-6-8;;;/h1-2,4-7,14-17H,3,8-13,18-23H2;2*1,3-4,9-10H,2,5-8,11-14H2,(H,17,18);1-3,6-7,11H,4-5,8-9H2;2-6H2,1H3;1H4;;/q;;;;;;;+1/p-1. The van der Waals surface area contributed by atoms with Gasteiger partial charge in [0.25, 0.3) is 0 Å². The van der Waals surface area contributed by atoms with Crippen molar-refractivity contribution in [3.63, 3.8) is 0 Å². The molecule has 0 aliphatic heterocycles. The number of aliphatic hydroxyl groups is 1. The van der Waals surface area contributed by atoms with Crippen molar-refractivity contribution in [2.45, 2.75) is 206 Å². The van der Waals surface area contributed by atoms with Gasteiger partial charge in [-0.25, -0.2) is 0 Å². The summed E-state index contributed by atoms with van der Waals surface area (Å²) in [5, 5.41) is 28.2. The number of carboxylic acids is 2. The van der Waals surface area contributed by atoms with E-state index >= 15 is 0 Å². The van der Waals surface area contributed by atoms with Gasteiger partial charge in [0.2, 0.25) is 0 Å². The molecular weight excluding hydrogens is 1330 g/mol. The maximum Gasteiger partial charge on any atom is 1.00 e. The van der Waals surface area contributed by atoms with Gasteiger partial charge >= 0.3 is 86.8 Å². The number of unbranched alkanes of at least 4 members (excludes halogenated alkanes) is 13. The van der Waals surface area contributed by atoms with Crippen molar-refractivity contribution < 1.29 is 127 Å². The van der Waals surface area contributed by atoms with E-state index in [1.165, 1.54) is 41.3 Å². The SMILES string of the molecule is C.COC(=O)CCCCCBr.O=C(CCCCCOCCCCc1ccccc1)OCCCCc1ccccc1.O=C(O)CCCCCOCCCCc1ccccc1.O=C([O-])CCCCCOCCCCc1ccccc1.OCCCCc1ccccc1.[B].[Cs+]. The molecule has 12 nitrogen and oxygen atoms in total. The number of carbonyl (C=O) groups is 4. The number of aliphatic hydroxyl groups excluding tert-OH is 1. The summed E-state index contributed by atoms with van der Waals surface area (Å²) in [4.78, 5) is 42.8. The first-order valence-corrected chi connectivity index (χ1v) is 34.0. The third kappa shape index (κ3) is 66.2. The van der Waals surface area contributed by atoms with Crippen LogP contribution in [-0.4, -0.2) is 108 Å². The first-order valence-electron chi connectivity index (χ1n) is 32.9. The number of methoxy groups -OCH3 is 1. The van der Waals surface area contributed by atoms with Crippen LogP contribution in [0.3, 0.4) is 0 Å². The minimum absolute atomic E-state index is 0. The summed E-state index contributed by atoms with van der Waals surface area (Å²) < 4.78 is 26.5. The number of benzene rings is 5. The number of aryl methyl sites for hydroxylation is 5. The van der Waals surface area contributed by atoms with Gasteiger partial charge in [0.15, 0.2) is 0 Å². The van der Waals surface area contributed by atoms with E-state index in [2.05, 4.69) is 136 Å². The molecule has 0 amide bonds. The van der Waals surface area contributed by atoms with E-state index < -0.39 is 11.9 Å². The summed E-state index contributed by atoms with van der Waals surface area (Å²) in [6, 6.07) is 52.4. The number of esters is 2. The summed E-state index contributed by atoms with van der Waals surface area (Å²) in [7, 11) is 1.42. The largest absolute Gasteiger partial charge is 1.00 e. The number of alkyl halides is 1. The predicted octanol–water partition coefficient (Wildman–Crippen LogP) is 13.5. The number of rotatable bonds is 47. The number of carboxylic acid groups (broad SMARTS) is 2. The molecule has 0 spiro atoms. The number of carbonyl (C=O) groups excluding carboxylic acids is 3. The van der Waals surface area contributed by atoms with Gasteiger partial charge in [-0.1, -0.05) is 201 Å². The van der Waals surface area contributed by atoms with Gasteiger partial charge in [-0.15, -0.1) is 0 Å². The molecule has 0 saturated carbocycles. The Morgan fingerprint density at radius 3 is 0.945 bits per heavy atom. The van der Waals surface area contributed by atoms with E-state index in [9.17, 15) is 24.3 Å². The molecule has 0 fully saturated rings. The molecule has 3 radical (unpaired) electrons. The zero-order valence-corrected chi connectivity index (χ0v) is 63.0. The summed E-state index contributed by atoms with van der Waals surface area (Å²) in [5.41, 5.74) is 6.87. The predicted molar refractivity (Wildman–Crippen MR) is 372 cm³/mol. The monoisotopic (exact) mass is 1440 g/mol. The van der Waals surface area contributed by atoms with Gasteiger partial charge in [-0.3, -0.25) is 14.4 Å². The molecular formula is C76H114BBrCsO12. The number of aliphatic carboxylic acids is 2. The molecule has 0 atom stereocenters. The zero-order valence-electron chi connectivity index (χ0n) is 55.2. The molecule has 15 heteroatoms. The van der Waals surface area contributed by atoms with Gasteiger partial charge in [-0.2, -0.15) is 0 Å². The number of halogens is 1. The van der Waals surface area contributed by atoms with E-state index in [1.54, 1.807) is 0 Å². The van der Waals surface area contributed by atoms with Crippen molar-refractivity contribution in [1.82, 2.24) is 0 Å². The van der Waals surface area contributed by atoms with Crippen LogP contribution in [0, 0.1) is 0 Å². The average molecular weight is 1440 g/mol. The van der Waals surface area contributed by atoms with Crippen LogP contribution in [0.5, 0.6) is 0 Å². The van der Waals surface area contributed by atoms with Gasteiger partial charge in [0.05, 0.1) is 13.7 Å². The molecule has 2 N–H and O–H groups in total. The smallest absolute Gasteiger partial charge is 0.550 e. The zero-order chi connectivity index (χ0) is 63.7. The van der Waals surface area contributed by atoms with Crippen LogP contribution in [0.25, 0.3) is 0 Å². The molecule has 0 heterocycles. The van der Waals surface area contributed by atoms with Gasteiger partial charge in [-0.05, 0) is 182 Å². The Kier molecular flexibility index (Phi) is 72.7. The molecule has 0 aromatic heterocycles. The van der Waals surface area contributed by atoms with Gasteiger partial charge < -0.3 is 43.8 Å². The van der Waals surface area contributed by atoms with E-state index in [-0.39, 0.29) is 110 Å². The molecule has 0 saturated heterocycles. The Morgan fingerprint density at radius 1 is 0.374 bits per heavy atom. The van der Waals surface area contributed by atoms with Gasteiger partial charge in [0.1, 0.15) is 0 Å². The number of ether oxygens (including phenoxy) is 5. The topological polar surface area (TPSA) is 178 Å². The molecule has 0 bridgehead atoms. The van der Waals surface area contributed by atoms with Crippen LogP contribution in [0.4, 0.5) is 0 Å². The normalized spacial score (nSPS) is 10.1. The molecule has 5 aromatic carbocycles. The van der Waals surface area contributed by atoms with E-state index in [0.29, 0.717) is 32.5 Å². The molecule has 5 aromatic rings. The Hall–Kier alpha value is -3.58. The van der Waals surface area contributed by atoms with E-state index in [0.717, 1.165) is 205 Å². The Morgan fingerprint density at radius 2 is 0.648 bits per heavy atom. The molecule has 501 valence electrons. The number of hydrogen-bond donors (Lipinski definition) is 2. The fraction of sp³-hybridized carbons (Fsp3) is 0.553. The average Bonchev–Trinajstić information content (AvgIpc) is 3.56. The minimum Gasteiger partial charge on any atom is -0.550 e. The Bertz CT molecular complexity index is 2240. The second-order valence-electron chi connectivity index (χ2n) is 21.8. The summed E-state index contributed by atoms with van der Waals surface area (Å²) >= 11 is 3.32. The van der Waals surface area contributed by atoms with Crippen molar-refractivity contribution in [1.29, 1.82) is 0 Å². The van der Waals surface area contributed by atoms with Crippen LogP contribution >= 0.6 is 15.9 Å². The summed E-state index contributed by atoms with van der Waals surface area (Å²) in [6.45, 7) is 5.57. The molecule has 0 aliphatic carbocycles. The van der Waals surface area contributed by atoms with Crippen molar-refractivity contribution in [3.05, 3.63) is 179 Å². The van der Waals surface area contributed by atoms with Gasteiger partial charge in [0, 0.05) is 85.2 Å². The summed E-state index contributed by atoms with van der Waals surface area (Å²) in [6.07, 6.45) is 29.0. The fourth-order valence-electron chi connectivity index (χ4n) is 8.86. The third-order valence-corrected chi connectivity index (χ3v) is 14.5. The van der Waals surface area contributed by atoms with Crippen LogP contribution in [-0.2, 0) is 75.0 Å². The molecule has 5 rings (SSSR count). The van der Waals surface area contributed by atoms with E-state index in [4.69, 9.17) is 29.2 Å². The third-order valence-electron chi connectivity index (χ3n) is 14.0. The van der Waals surface area contributed by atoms with Crippen LogP contribution in [0.15, 0.2) is 152 Å². The maximum atomic E-state index is 11.7. The van der Waals surface area contributed by atoms with E-state index in [1.807, 2.05) is 36.4 Å². The van der Waals surface area contributed by atoms with Crippen LogP contribution in [0.1, 0.15) is 202 Å². The second kappa shape index (κ2) is 72.2. The van der Waals surface area contributed by atoms with Crippen molar-refractivity contribution in [2.75, 3.05) is 65.3 Å². The van der Waals surface area contributed by atoms with Crippen molar-refractivity contribution in [3.8, 4) is 0 Å². The number of hydrogen-bond acceptors (Lipinski definition) is 11.